The third-order valence-corrected chi connectivity index (χ3v) is 3.03. The molecule has 0 bridgehead atoms. The van der Waals surface area contributed by atoms with Crippen molar-refractivity contribution in [2.24, 2.45) is 5.10 Å². The van der Waals surface area contributed by atoms with Crippen molar-refractivity contribution in [3.63, 3.8) is 0 Å². The molecule has 0 radical (unpaired) electrons. The summed E-state index contributed by atoms with van der Waals surface area (Å²) in [6.07, 6.45) is -1.63. The molecule has 0 aliphatic carbocycles. The number of amides is 2. The number of rotatable bonds is 2. The molecule has 1 aliphatic heterocycles. The van der Waals surface area contributed by atoms with E-state index in [1.807, 2.05) is 0 Å². The maximum absolute atomic E-state index is 13.7. The van der Waals surface area contributed by atoms with E-state index in [0.717, 1.165) is 0 Å². The second kappa shape index (κ2) is 5.86. The van der Waals surface area contributed by atoms with Crippen LogP contribution in [0.4, 0.5) is 13.6 Å². The Morgan fingerprint density at radius 3 is 2.52 bits per heavy atom. The molecule has 0 atom stereocenters. The molecule has 0 spiro atoms. The zero-order chi connectivity index (χ0) is 15.5. The van der Waals surface area contributed by atoms with Crippen LogP contribution in [-0.4, -0.2) is 46.7 Å². The van der Waals surface area contributed by atoms with E-state index in [2.05, 4.69) is 10.5 Å². The Kier molecular flexibility index (Phi) is 4.15. The van der Waals surface area contributed by atoms with E-state index in [4.69, 9.17) is 5.11 Å². The fourth-order valence-corrected chi connectivity index (χ4v) is 1.91. The predicted molar refractivity (Wildman–Crippen MR) is 70.5 cm³/mol. The van der Waals surface area contributed by atoms with Crippen molar-refractivity contribution >= 4 is 17.7 Å². The normalized spacial score (nSPS) is 19.3. The summed E-state index contributed by atoms with van der Waals surface area (Å²) in [5, 5.41) is 12.2. The van der Waals surface area contributed by atoms with Gasteiger partial charge in [-0.3, -0.25) is 4.79 Å². The van der Waals surface area contributed by atoms with Crippen LogP contribution < -0.4 is 5.43 Å². The van der Waals surface area contributed by atoms with Gasteiger partial charge in [-0.1, -0.05) is 18.2 Å². The van der Waals surface area contributed by atoms with E-state index >= 15 is 0 Å². The van der Waals surface area contributed by atoms with Gasteiger partial charge in [0, 0.05) is 18.5 Å². The lowest BCUT2D eigenvalue weighted by Crippen LogP contribution is -2.51. The van der Waals surface area contributed by atoms with Gasteiger partial charge in [-0.25, -0.2) is 10.2 Å². The first-order valence-electron chi connectivity index (χ1n) is 6.18. The van der Waals surface area contributed by atoms with Gasteiger partial charge < -0.3 is 10.0 Å². The molecule has 2 N–H and O–H groups in total. The van der Waals surface area contributed by atoms with Crippen molar-refractivity contribution in [2.45, 2.75) is 12.3 Å². The van der Waals surface area contributed by atoms with Gasteiger partial charge in [0.1, 0.15) is 5.71 Å². The largest absolute Gasteiger partial charge is 0.465 e. The number of nitrogens with one attached hydrogen (secondary N) is 1. The van der Waals surface area contributed by atoms with E-state index in [0.29, 0.717) is 10.5 Å². The Hall–Kier alpha value is -2.51. The van der Waals surface area contributed by atoms with Crippen molar-refractivity contribution in [3.8, 4) is 0 Å². The smallest absolute Gasteiger partial charge is 0.407 e. The number of carbonyl (C=O) groups is 2. The van der Waals surface area contributed by atoms with Crippen LogP contribution in [0, 0.1) is 0 Å². The van der Waals surface area contributed by atoms with Crippen molar-refractivity contribution in [1.82, 2.24) is 10.3 Å². The predicted octanol–water partition coefficient (Wildman–Crippen LogP) is 1.79. The molecule has 1 saturated heterocycles. The van der Waals surface area contributed by atoms with Gasteiger partial charge >= 0.3 is 12.0 Å². The summed E-state index contributed by atoms with van der Waals surface area (Å²) in [6, 6.07) is 8.06. The van der Waals surface area contributed by atoms with Crippen molar-refractivity contribution < 1.29 is 23.5 Å². The monoisotopic (exact) mass is 297 g/mol. The minimum absolute atomic E-state index is 0.0784. The Balaban J connectivity index is 2.05. The number of alkyl halides is 2. The SMILES string of the molecule is O=C(N/N=C1/CCN(C(=O)O)CC1(F)F)c1ccccc1. The molecule has 0 aromatic heterocycles. The van der Waals surface area contributed by atoms with Crippen LogP contribution in [0.5, 0.6) is 0 Å². The number of carbonyl (C=O) groups excluding carboxylic acids is 1. The average Bonchev–Trinajstić information content (AvgIpc) is 2.45. The van der Waals surface area contributed by atoms with E-state index in [-0.39, 0.29) is 13.0 Å². The number of halogens is 2. The third kappa shape index (κ3) is 3.53. The standard InChI is InChI=1S/C13H13F2N3O3/c14-13(15)8-18(12(20)21)7-6-10(13)16-17-11(19)9-4-2-1-3-5-9/h1-5H,6-8H2,(H,17,19)(H,20,21)/b16-10-. The molecule has 1 heterocycles. The third-order valence-electron chi connectivity index (χ3n) is 3.03. The lowest BCUT2D eigenvalue weighted by atomic mass is 10.1. The Bertz CT molecular complexity index is 575. The van der Waals surface area contributed by atoms with Gasteiger partial charge in [-0.15, -0.1) is 0 Å². The molecule has 0 unspecified atom stereocenters. The maximum atomic E-state index is 13.7. The number of benzene rings is 1. The molecule has 6 nitrogen and oxygen atoms in total. The lowest BCUT2D eigenvalue weighted by Gasteiger charge is -2.31. The minimum atomic E-state index is -3.39. The fraction of sp³-hybridized carbons (Fsp3) is 0.308. The fourth-order valence-electron chi connectivity index (χ4n) is 1.91. The first-order chi connectivity index (χ1) is 9.90. The molecule has 1 fully saturated rings. The molecule has 8 heteroatoms. The summed E-state index contributed by atoms with van der Waals surface area (Å²) in [5.74, 6) is -3.99. The highest BCUT2D eigenvalue weighted by Crippen LogP contribution is 2.24. The van der Waals surface area contributed by atoms with Crippen LogP contribution >= 0.6 is 0 Å². The maximum Gasteiger partial charge on any atom is 0.407 e. The van der Waals surface area contributed by atoms with Gasteiger partial charge in [-0.2, -0.15) is 13.9 Å². The first-order valence-corrected chi connectivity index (χ1v) is 6.18. The van der Waals surface area contributed by atoms with Gasteiger partial charge in [0.2, 0.25) is 0 Å². The highest BCUT2D eigenvalue weighted by molar-refractivity contribution is 5.97. The molecule has 2 amide bonds. The number of nitrogens with zero attached hydrogens (tertiary/aromatic N) is 2. The van der Waals surface area contributed by atoms with E-state index in [1.54, 1.807) is 18.2 Å². The van der Waals surface area contributed by atoms with Gasteiger partial charge in [-0.05, 0) is 12.1 Å². The van der Waals surface area contributed by atoms with Gasteiger partial charge in [0.15, 0.2) is 0 Å². The molecular formula is C13H13F2N3O3. The molecule has 1 aliphatic rings. The summed E-state index contributed by atoms with van der Waals surface area (Å²) in [5.41, 5.74) is 1.85. The topological polar surface area (TPSA) is 82.0 Å². The van der Waals surface area contributed by atoms with Crippen LogP contribution in [0.1, 0.15) is 16.8 Å². The first kappa shape index (κ1) is 14.9. The second-order valence-corrected chi connectivity index (χ2v) is 4.52. The Morgan fingerprint density at radius 1 is 1.29 bits per heavy atom. The second-order valence-electron chi connectivity index (χ2n) is 4.52. The molecule has 1 aromatic rings. The summed E-state index contributed by atoms with van der Waals surface area (Å²) in [7, 11) is 0. The number of hydrogen-bond acceptors (Lipinski definition) is 3. The van der Waals surface area contributed by atoms with E-state index in [9.17, 15) is 18.4 Å². The number of likely N-dealkylation sites (tertiary alicyclic amines) is 1. The molecular weight excluding hydrogens is 284 g/mol. The number of carboxylic acid groups (broad SMARTS) is 1. The molecule has 1 aromatic carbocycles. The molecule has 112 valence electrons. The minimum Gasteiger partial charge on any atom is -0.465 e. The van der Waals surface area contributed by atoms with Gasteiger partial charge in [0.05, 0.1) is 6.54 Å². The van der Waals surface area contributed by atoms with Crippen LogP contribution in [0.2, 0.25) is 0 Å². The van der Waals surface area contributed by atoms with E-state index < -0.39 is 30.2 Å². The molecule has 21 heavy (non-hydrogen) atoms. The molecule has 0 saturated carbocycles. The summed E-state index contributed by atoms with van der Waals surface area (Å²) < 4.78 is 27.5. The van der Waals surface area contributed by atoms with Gasteiger partial charge in [0.25, 0.3) is 5.91 Å². The summed E-state index contributed by atoms with van der Waals surface area (Å²) >= 11 is 0. The zero-order valence-corrected chi connectivity index (χ0v) is 10.9. The number of hydrogen-bond donors (Lipinski definition) is 2. The Morgan fingerprint density at radius 2 is 1.95 bits per heavy atom. The van der Waals surface area contributed by atoms with Crippen molar-refractivity contribution in [3.05, 3.63) is 35.9 Å². The highest BCUT2D eigenvalue weighted by atomic mass is 19.3. The van der Waals surface area contributed by atoms with E-state index in [1.165, 1.54) is 12.1 Å². The van der Waals surface area contributed by atoms with Crippen LogP contribution in [-0.2, 0) is 0 Å². The Labute approximate surface area is 119 Å². The zero-order valence-electron chi connectivity index (χ0n) is 10.9. The van der Waals surface area contributed by atoms with Crippen molar-refractivity contribution in [2.75, 3.05) is 13.1 Å². The highest BCUT2D eigenvalue weighted by Gasteiger charge is 2.43. The number of hydrazone groups is 1. The quantitative estimate of drug-likeness (QED) is 0.816. The average molecular weight is 297 g/mol. The summed E-state index contributed by atoms with van der Waals surface area (Å²) in [4.78, 5) is 23.0. The lowest BCUT2D eigenvalue weighted by molar-refractivity contribution is 0.0196. The van der Waals surface area contributed by atoms with Crippen LogP contribution in [0.25, 0.3) is 0 Å². The molecule has 2 rings (SSSR count). The van der Waals surface area contributed by atoms with Crippen LogP contribution in [0.15, 0.2) is 35.4 Å². The van der Waals surface area contributed by atoms with Crippen molar-refractivity contribution in [1.29, 1.82) is 0 Å². The number of piperidine rings is 1. The van der Waals surface area contributed by atoms with Crippen LogP contribution in [0.3, 0.4) is 0 Å². The summed E-state index contributed by atoms with van der Waals surface area (Å²) in [6.45, 7) is -1.03.